The zero-order valence-corrected chi connectivity index (χ0v) is 18.8. The van der Waals surface area contributed by atoms with Crippen molar-refractivity contribution in [3.05, 3.63) is 71.5 Å². The van der Waals surface area contributed by atoms with E-state index in [1.54, 1.807) is 6.20 Å². The molecule has 0 saturated heterocycles. The van der Waals surface area contributed by atoms with Gasteiger partial charge in [-0.2, -0.15) is 0 Å². The monoisotopic (exact) mass is 531 g/mol. The number of imidazole rings is 1. The van der Waals surface area contributed by atoms with Crippen LogP contribution in [0.5, 0.6) is 0 Å². The normalized spacial score (nSPS) is 17.2. The molecule has 1 atom stereocenters. The molecule has 0 aromatic carbocycles. The Morgan fingerprint density at radius 3 is 2.78 bits per heavy atom. The summed E-state index contributed by atoms with van der Waals surface area (Å²) in [5.41, 5.74) is 6.25. The number of rotatable bonds is 4. The minimum absolute atomic E-state index is 0. The third-order valence-electron chi connectivity index (χ3n) is 4.31. The van der Waals surface area contributed by atoms with Gasteiger partial charge in [-0.05, 0) is 50.0 Å². The van der Waals surface area contributed by atoms with Crippen molar-refractivity contribution in [1.82, 2.24) is 9.38 Å². The largest absolute Gasteiger partial charge is 0.298 e. The van der Waals surface area contributed by atoms with Crippen LogP contribution in [-0.4, -0.2) is 21.8 Å². The number of aromatic nitrogens is 2. The molecule has 1 aliphatic heterocycles. The first kappa shape index (κ1) is 21.0. The van der Waals surface area contributed by atoms with Crippen molar-refractivity contribution in [2.75, 3.05) is 0 Å². The fourth-order valence-electron chi connectivity index (χ4n) is 3.04. The molecule has 1 radical (unpaired) electrons. The van der Waals surface area contributed by atoms with E-state index < -0.39 is 0 Å². The van der Waals surface area contributed by atoms with Gasteiger partial charge in [0, 0.05) is 50.8 Å². The molecule has 2 aromatic rings. The Hall–Kier alpha value is -2.35. The maximum atomic E-state index is 4.85. The van der Waals surface area contributed by atoms with Gasteiger partial charge in [0.15, 0.2) is 0 Å². The molecule has 0 fully saturated rings. The van der Waals surface area contributed by atoms with E-state index in [1.807, 2.05) is 50.7 Å². The predicted octanol–water partition coefficient (Wildman–Crippen LogP) is 5.24. The van der Waals surface area contributed by atoms with E-state index >= 15 is 0 Å². The molecule has 5 heteroatoms. The van der Waals surface area contributed by atoms with Gasteiger partial charge in [0.2, 0.25) is 0 Å². The van der Waals surface area contributed by atoms with E-state index in [-0.39, 0.29) is 20.4 Å². The number of aliphatic imine (C=N–C) groups is 2. The minimum Gasteiger partial charge on any atom is -0.298 e. The predicted molar refractivity (Wildman–Crippen MR) is 112 cm³/mol. The van der Waals surface area contributed by atoms with Crippen molar-refractivity contribution < 1.29 is 20.4 Å². The molecule has 3 heterocycles. The second kappa shape index (κ2) is 9.55. The van der Waals surface area contributed by atoms with Gasteiger partial charge in [0.05, 0.1) is 17.6 Å². The molecule has 1 unspecified atom stereocenters. The van der Waals surface area contributed by atoms with Gasteiger partial charge in [-0.1, -0.05) is 31.2 Å². The van der Waals surface area contributed by atoms with Gasteiger partial charge in [-0.15, -0.1) is 0 Å². The number of hydrogen-bond donors (Lipinski definition) is 0. The summed E-state index contributed by atoms with van der Waals surface area (Å²) < 4.78 is 2.09. The van der Waals surface area contributed by atoms with Gasteiger partial charge < -0.3 is 0 Å². The average molecular weight is 531 g/mol. The molecule has 3 rings (SSSR count). The number of pyridine rings is 1. The van der Waals surface area contributed by atoms with Gasteiger partial charge in [0.25, 0.3) is 0 Å². The Balaban J connectivity index is 0.00000261. The van der Waals surface area contributed by atoms with Crippen LogP contribution in [0.15, 0.2) is 59.0 Å². The van der Waals surface area contributed by atoms with Crippen LogP contribution in [0.1, 0.15) is 43.3 Å². The third kappa shape index (κ3) is 4.50. The molecule has 0 amide bonds. The Labute approximate surface area is 174 Å². The smallest absolute Gasteiger partial charge is 0.141 e. The van der Waals surface area contributed by atoms with Crippen molar-refractivity contribution >= 4 is 29.7 Å². The van der Waals surface area contributed by atoms with Crippen LogP contribution in [0, 0.1) is 12.8 Å². The zero-order chi connectivity index (χ0) is 18.5. The van der Waals surface area contributed by atoms with Crippen LogP contribution < -0.4 is 0 Å². The number of hydrogen-bond acceptors (Lipinski definition) is 3. The summed E-state index contributed by atoms with van der Waals surface area (Å²) in [6.07, 6.45) is 19.7. The summed E-state index contributed by atoms with van der Waals surface area (Å²) in [7, 11) is 0. The Bertz CT molecular complexity index is 987. The van der Waals surface area contributed by atoms with Gasteiger partial charge in [-0.3, -0.25) is 14.4 Å². The minimum atomic E-state index is 0. The van der Waals surface area contributed by atoms with Gasteiger partial charge in [-0.25, -0.2) is 4.98 Å². The second-order valence-corrected chi connectivity index (χ2v) is 6.29. The van der Waals surface area contributed by atoms with Crippen LogP contribution in [-0.2, 0) is 20.4 Å². The van der Waals surface area contributed by atoms with E-state index in [4.69, 9.17) is 4.98 Å². The molecule has 4 nitrogen and oxygen atoms in total. The molecule has 0 bridgehead atoms. The molecular formula is C22H24N4Re. The van der Waals surface area contributed by atoms with E-state index in [1.165, 1.54) is 0 Å². The summed E-state index contributed by atoms with van der Waals surface area (Å²) in [4.78, 5) is 13.6. The van der Waals surface area contributed by atoms with E-state index in [2.05, 4.69) is 52.6 Å². The third-order valence-corrected chi connectivity index (χ3v) is 4.31. The number of nitrogens with zero attached hydrogens (tertiary/aromatic N) is 4. The van der Waals surface area contributed by atoms with Crippen LogP contribution in [0.25, 0.3) is 17.3 Å². The first-order valence-electron chi connectivity index (χ1n) is 8.86. The van der Waals surface area contributed by atoms with Crippen LogP contribution in [0.2, 0.25) is 0 Å². The first-order chi connectivity index (χ1) is 12.7. The molecule has 0 N–H and O–H groups in total. The fourth-order valence-corrected chi connectivity index (χ4v) is 3.04. The van der Waals surface area contributed by atoms with Crippen LogP contribution >= 0.6 is 0 Å². The maximum Gasteiger partial charge on any atom is 0.141 e. The van der Waals surface area contributed by atoms with Crippen molar-refractivity contribution in [3.8, 4) is 0 Å². The molecule has 0 spiro atoms. The van der Waals surface area contributed by atoms with Gasteiger partial charge >= 0.3 is 0 Å². The molecule has 0 aliphatic carbocycles. The zero-order valence-electron chi connectivity index (χ0n) is 16.1. The van der Waals surface area contributed by atoms with E-state index in [9.17, 15) is 0 Å². The fraction of sp³-hybridized carbons (Fsp3) is 0.227. The van der Waals surface area contributed by atoms with Crippen molar-refractivity contribution in [1.29, 1.82) is 0 Å². The van der Waals surface area contributed by atoms with Crippen LogP contribution in [0.3, 0.4) is 0 Å². The van der Waals surface area contributed by atoms with E-state index in [0.29, 0.717) is 5.92 Å². The molecule has 27 heavy (non-hydrogen) atoms. The maximum absolute atomic E-state index is 4.85. The Morgan fingerprint density at radius 2 is 2.04 bits per heavy atom. The molecule has 1 aliphatic rings. The van der Waals surface area contributed by atoms with Crippen molar-refractivity contribution in [2.24, 2.45) is 15.9 Å². The van der Waals surface area contributed by atoms with Crippen molar-refractivity contribution in [2.45, 2.75) is 27.7 Å². The SMILES string of the molecule is C/C=C\c1nc2c(C)c(C3=CC(C)C=CN=C3)ccn2c1C=N/C=C/C.[Re]. The van der Waals surface area contributed by atoms with Gasteiger partial charge in [0.1, 0.15) is 5.65 Å². The quantitative estimate of drug-likeness (QED) is 0.499. The summed E-state index contributed by atoms with van der Waals surface area (Å²) in [6, 6.07) is 2.13. The number of allylic oxidation sites excluding steroid dienone is 5. The average Bonchev–Trinajstić information content (AvgIpc) is 2.82. The number of aryl methyl sites for hydroxylation is 1. The van der Waals surface area contributed by atoms with Crippen LogP contribution in [0.4, 0.5) is 0 Å². The summed E-state index contributed by atoms with van der Waals surface area (Å²) in [5.74, 6) is 0.352. The number of fused-ring (bicyclic) bond motifs is 1. The molecule has 0 saturated carbocycles. The summed E-state index contributed by atoms with van der Waals surface area (Å²) in [6.45, 7) is 8.22. The molecule has 139 valence electrons. The standard InChI is InChI=1S/C22H24N4.Re/c1-5-7-20-21(15-23-10-6-2)26-12-9-19(17(4)22(26)25-20)18-13-16(3)8-11-24-14-18;/h5-16H,1-4H3;/b7-5-,10-6+,23-15?;. The molecular weight excluding hydrogens is 506 g/mol. The van der Waals surface area contributed by atoms with E-state index in [0.717, 1.165) is 33.7 Å². The topological polar surface area (TPSA) is 42.0 Å². The summed E-state index contributed by atoms with van der Waals surface area (Å²) in [5, 5.41) is 0. The molecule has 2 aromatic heterocycles. The van der Waals surface area contributed by atoms with Crippen molar-refractivity contribution in [3.63, 3.8) is 0 Å². The second-order valence-electron chi connectivity index (χ2n) is 6.29. The summed E-state index contributed by atoms with van der Waals surface area (Å²) >= 11 is 0. The Morgan fingerprint density at radius 1 is 1.22 bits per heavy atom. The Kier molecular flexibility index (Phi) is 7.41. The first-order valence-corrected chi connectivity index (χ1v) is 8.86.